The molecule has 0 amide bonds. The second-order valence-electron chi connectivity index (χ2n) is 12.8. The average Bonchev–Trinajstić information content (AvgIpc) is 3.36. The van der Waals surface area contributed by atoms with Crippen LogP contribution in [0.4, 0.5) is 0 Å². The van der Waals surface area contributed by atoms with Crippen LogP contribution in [0.15, 0.2) is 152 Å². The summed E-state index contributed by atoms with van der Waals surface area (Å²) in [6.45, 7) is 4.69. The topological polar surface area (TPSA) is 38.7 Å². The molecular weight excluding hydrogens is 571 g/mol. The molecule has 0 saturated heterocycles. The maximum atomic E-state index is 5.28. The van der Waals surface area contributed by atoms with E-state index >= 15 is 0 Å². The van der Waals surface area contributed by atoms with Crippen LogP contribution in [-0.4, -0.2) is 15.0 Å². The van der Waals surface area contributed by atoms with E-state index in [1.807, 2.05) is 42.6 Å². The molecule has 0 unspecified atom stereocenters. The van der Waals surface area contributed by atoms with Gasteiger partial charge in [-0.1, -0.05) is 129 Å². The number of rotatable bonds is 4. The van der Waals surface area contributed by atoms with Crippen LogP contribution < -0.4 is 0 Å². The minimum atomic E-state index is -0.0625. The van der Waals surface area contributed by atoms with Gasteiger partial charge in [-0.2, -0.15) is 0 Å². The molecule has 3 heteroatoms. The predicted molar refractivity (Wildman–Crippen MR) is 194 cm³/mol. The Balaban J connectivity index is 1.27. The summed E-state index contributed by atoms with van der Waals surface area (Å²) in [5.41, 5.74) is 12.2. The van der Waals surface area contributed by atoms with E-state index in [0.717, 1.165) is 39.3 Å². The number of benzene rings is 6. The van der Waals surface area contributed by atoms with Crippen molar-refractivity contribution in [2.24, 2.45) is 0 Å². The SMILES string of the molecule is CC1(C)c2ccccc2-c2cc3ccc4c(-c5cc(-c6ccccc6)nc(-c6ccccc6-c6ccccn6)n5)cccc4c3cc21. The minimum Gasteiger partial charge on any atom is -0.256 e. The highest BCUT2D eigenvalue weighted by Crippen LogP contribution is 2.50. The van der Waals surface area contributed by atoms with Gasteiger partial charge in [0.15, 0.2) is 5.82 Å². The van der Waals surface area contributed by atoms with Crippen LogP contribution in [0.1, 0.15) is 25.0 Å². The van der Waals surface area contributed by atoms with Gasteiger partial charge in [0.25, 0.3) is 0 Å². The van der Waals surface area contributed by atoms with E-state index in [1.165, 1.54) is 43.8 Å². The Labute approximate surface area is 274 Å². The van der Waals surface area contributed by atoms with Gasteiger partial charge in [0.1, 0.15) is 0 Å². The molecule has 8 aromatic rings. The van der Waals surface area contributed by atoms with E-state index in [1.54, 1.807) is 0 Å². The quantitative estimate of drug-likeness (QED) is 0.188. The third kappa shape index (κ3) is 4.39. The lowest BCUT2D eigenvalue weighted by Crippen LogP contribution is -2.14. The highest BCUT2D eigenvalue weighted by Gasteiger charge is 2.35. The van der Waals surface area contributed by atoms with Gasteiger partial charge in [-0.05, 0) is 74.1 Å². The molecule has 2 aromatic heterocycles. The molecule has 3 nitrogen and oxygen atoms in total. The normalized spacial score (nSPS) is 13.1. The lowest BCUT2D eigenvalue weighted by Gasteiger charge is -2.22. The number of pyridine rings is 1. The van der Waals surface area contributed by atoms with Gasteiger partial charge in [0, 0.05) is 33.9 Å². The number of fused-ring (bicyclic) bond motifs is 6. The molecular formula is C44H31N3. The summed E-state index contributed by atoms with van der Waals surface area (Å²) in [6.07, 6.45) is 1.83. The van der Waals surface area contributed by atoms with Crippen LogP contribution >= 0.6 is 0 Å². The summed E-state index contributed by atoms with van der Waals surface area (Å²) in [4.78, 5) is 15.1. The maximum Gasteiger partial charge on any atom is 0.161 e. The molecule has 0 N–H and O–H groups in total. The van der Waals surface area contributed by atoms with Gasteiger partial charge in [-0.15, -0.1) is 0 Å². The van der Waals surface area contributed by atoms with Crippen LogP contribution in [0.25, 0.3) is 77.8 Å². The summed E-state index contributed by atoms with van der Waals surface area (Å²) in [6, 6.07) is 51.5. The smallest absolute Gasteiger partial charge is 0.161 e. The Hall–Kier alpha value is -5.93. The van der Waals surface area contributed by atoms with Crippen molar-refractivity contribution < 1.29 is 0 Å². The molecule has 0 radical (unpaired) electrons. The van der Waals surface area contributed by atoms with Crippen molar-refractivity contribution in [3.63, 3.8) is 0 Å². The zero-order chi connectivity index (χ0) is 31.5. The number of aromatic nitrogens is 3. The first kappa shape index (κ1) is 27.4. The first-order chi connectivity index (χ1) is 23.1. The zero-order valence-corrected chi connectivity index (χ0v) is 26.3. The molecule has 1 aliphatic carbocycles. The van der Waals surface area contributed by atoms with Crippen molar-refractivity contribution in [1.82, 2.24) is 15.0 Å². The largest absolute Gasteiger partial charge is 0.256 e. The fraction of sp³-hybridized carbons (Fsp3) is 0.0682. The average molecular weight is 602 g/mol. The molecule has 0 fully saturated rings. The molecule has 0 spiro atoms. The third-order valence-corrected chi connectivity index (χ3v) is 9.76. The van der Waals surface area contributed by atoms with Crippen LogP contribution in [0, 0.1) is 0 Å². The van der Waals surface area contributed by atoms with E-state index in [-0.39, 0.29) is 5.41 Å². The Kier molecular flexibility index (Phi) is 6.16. The maximum absolute atomic E-state index is 5.28. The summed E-state index contributed by atoms with van der Waals surface area (Å²) >= 11 is 0. The van der Waals surface area contributed by atoms with Gasteiger partial charge < -0.3 is 0 Å². The molecule has 6 aromatic carbocycles. The number of hydrogen-bond donors (Lipinski definition) is 0. The number of hydrogen-bond acceptors (Lipinski definition) is 3. The van der Waals surface area contributed by atoms with Gasteiger partial charge in [0.2, 0.25) is 0 Å². The summed E-state index contributed by atoms with van der Waals surface area (Å²) in [5.74, 6) is 0.678. The van der Waals surface area contributed by atoms with E-state index in [2.05, 4.69) is 128 Å². The summed E-state index contributed by atoms with van der Waals surface area (Å²) in [5, 5.41) is 4.92. The van der Waals surface area contributed by atoms with Crippen molar-refractivity contribution in [3.8, 4) is 56.3 Å². The first-order valence-corrected chi connectivity index (χ1v) is 16.1. The Morgan fingerprint density at radius 3 is 1.98 bits per heavy atom. The highest BCUT2D eigenvalue weighted by atomic mass is 14.9. The molecule has 0 aliphatic heterocycles. The lowest BCUT2D eigenvalue weighted by molar-refractivity contribution is 0.661. The van der Waals surface area contributed by atoms with E-state index in [0.29, 0.717) is 5.82 Å². The van der Waals surface area contributed by atoms with Crippen LogP contribution in [0.5, 0.6) is 0 Å². The third-order valence-electron chi connectivity index (χ3n) is 9.76. The van der Waals surface area contributed by atoms with Crippen molar-refractivity contribution in [1.29, 1.82) is 0 Å². The molecule has 222 valence electrons. The summed E-state index contributed by atoms with van der Waals surface area (Å²) in [7, 11) is 0. The van der Waals surface area contributed by atoms with Crippen LogP contribution in [0.3, 0.4) is 0 Å². The molecule has 9 rings (SSSR count). The summed E-state index contributed by atoms with van der Waals surface area (Å²) < 4.78 is 0. The number of nitrogens with zero attached hydrogens (tertiary/aromatic N) is 3. The van der Waals surface area contributed by atoms with Crippen LogP contribution in [0.2, 0.25) is 0 Å². The van der Waals surface area contributed by atoms with E-state index in [9.17, 15) is 0 Å². The minimum absolute atomic E-state index is 0.0625. The Bertz CT molecular complexity index is 2480. The molecule has 47 heavy (non-hydrogen) atoms. The fourth-order valence-electron chi connectivity index (χ4n) is 7.40. The monoisotopic (exact) mass is 601 g/mol. The first-order valence-electron chi connectivity index (χ1n) is 16.1. The molecule has 0 bridgehead atoms. The van der Waals surface area contributed by atoms with Crippen molar-refractivity contribution >= 4 is 21.5 Å². The second-order valence-corrected chi connectivity index (χ2v) is 12.8. The Morgan fingerprint density at radius 1 is 0.426 bits per heavy atom. The molecule has 2 heterocycles. The van der Waals surface area contributed by atoms with Gasteiger partial charge in [-0.3, -0.25) is 4.98 Å². The lowest BCUT2D eigenvalue weighted by atomic mass is 9.81. The van der Waals surface area contributed by atoms with Gasteiger partial charge in [-0.25, -0.2) is 9.97 Å². The van der Waals surface area contributed by atoms with Gasteiger partial charge >= 0.3 is 0 Å². The predicted octanol–water partition coefficient (Wildman–Crippen LogP) is 11.2. The van der Waals surface area contributed by atoms with Crippen molar-refractivity contribution in [2.45, 2.75) is 19.3 Å². The zero-order valence-electron chi connectivity index (χ0n) is 26.3. The molecule has 1 aliphatic rings. The van der Waals surface area contributed by atoms with Crippen molar-refractivity contribution in [3.05, 3.63) is 163 Å². The van der Waals surface area contributed by atoms with Gasteiger partial charge in [0.05, 0.1) is 17.1 Å². The van der Waals surface area contributed by atoms with Crippen LogP contribution in [-0.2, 0) is 5.41 Å². The Morgan fingerprint density at radius 2 is 1.15 bits per heavy atom. The van der Waals surface area contributed by atoms with Crippen molar-refractivity contribution in [2.75, 3.05) is 0 Å². The standard InChI is InChI=1S/C44H31N3/c1-44(2)38-20-9-8-15-32(38)37-25-29-22-23-31-30(36(29)26-39(37)44)18-12-19-33(31)42-27-41(28-13-4-3-5-14-28)46-43(47-42)35-17-7-6-16-34(35)40-21-10-11-24-45-40/h3-27H,1-2H3. The molecule has 0 atom stereocenters. The van der Waals surface area contributed by atoms with E-state index in [4.69, 9.17) is 9.97 Å². The second kappa shape index (κ2) is 10.6. The fourth-order valence-corrected chi connectivity index (χ4v) is 7.40. The van der Waals surface area contributed by atoms with E-state index < -0.39 is 0 Å². The highest BCUT2D eigenvalue weighted by molar-refractivity contribution is 6.13. The molecule has 0 saturated carbocycles.